The number of nitrogens with one attached hydrogen (secondary N) is 1. The highest BCUT2D eigenvalue weighted by Gasteiger charge is 2.21. The van der Waals surface area contributed by atoms with Crippen LogP contribution >= 0.6 is 0 Å². The molecule has 2 aromatic rings. The second-order valence-electron chi connectivity index (χ2n) is 7.39. The maximum Gasteiger partial charge on any atom is 0.338 e. The molecule has 1 N–H and O–H groups in total. The fourth-order valence-electron chi connectivity index (χ4n) is 3.58. The summed E-state index contributed by atoms with van der Waals surface area (Å²) in [7, 11) is 0. The van der Waals surface area contributed by atoms with Crippen molar-refractivity contribution in [2.45, 2.75) is 59.0 Å². The zero-order valence-corrected chi connectivity index (χ0v) is 17.4. The molecule has 1 unspecified atom stereocenters. The van der Waals surface area contributed by atoms with E-state index in [0.29, 0.717) is 24.3 Å². The predicted molar refractivity (Wildman–Crippen MR) is 114 cm³/mol. The molecule has 0 bridgehead atoms. The van der Waals surface area contributed by atoms with Gasteiger partial charge in [0, 0.05) is 5.69 Å². The number of hydrogen-bond acceptors (Lipinski definition) is 4. The summed E-state index contributed by atoms with van der Waals surface area (Å²) in [6, 6.07) is 11.3. The van der Waals surface area contributed by atoms with Gasteiger partial charge in [0.15, 0.2) is 6.10 Å². The minimum absolute atomic E-state index is 0.227. The highest BCUT2D eigenvalue weighted by Crippen LogP contribution is 2.26. The third kappa shape index (κ3) is 5.17. The van der Waals surface area contributed by atoms with E-state index in [1.54, 1.807) is 25.1 Å². The Morgan fingerprint density at radius 1 is 1.03 bits per heavy atom. The molecule has 3 rings (SSSR count). The Labute approximate surface area is 172 Å². The van der Waals surface area contributed by atoms with Gasteiger partial charge in [-0.15, -0.1) is 0 Å². The second-order valence-corrected chi connectivity index (χ2v) is 7.39. The van der Waals surface area contributed by atoms with E-state index in [2.05, 4.69) is 17.4 Å². The average molecular weight is 395 g/mol. The van der Waals surface area contributed by atoms with Crippen LogP contribution in [-0.4, -0.2) is 24.6 Å². The molecule has 0 aliphatic heterocycles. The van der Waals surface area contributed by atoms with Crippen molar-refractivity contribution >= 4 is 17.6 Å². The van der Waals surface area contributed by atoms with Gasteiger partial charge < -0.3 is 14.8 Å². The van der Waals surface area contributed by atoms with Crippen LogP contribution in [0.5, 0.6) is 5.75 Å². The number of hydrogen-bond donors (Lipinski definition) is 1. The number of esters is 1. The molecule has 2 aromatic carbocycles. The summed E-state index contributed by atoms with van der Waals surface area (Å²) in [6.07, 6.45) is 4.54. The van der Waals surface area contributed by atoms with E-state index < -0.39 is 12.1 Å². The molecular weight excluding hydrogens is 366 g/mol. The van der Waals surface area contributed by atoms with Gasteiger partial charge in [-0.3, -0.25) is 4.79 Å². The summed E-state index contributed by atoms with van der Waals surface area (Å²) in [6.45, 7) is 5.87. The predicted octanol–water partition coefficient (Wildman–Crippen LogP) is 4.85. The Balaban J connectivity index is 1.71. The monoisotopic (exact) mass is 395 g/mol. The largest absolute Gasteiger partial charge is 0.481 e. The van der Waals surface area contributed by atoms with E-state index in [9.17, 15) is 9.59 Å². The SMILES string of the molecule is CCOC(=O)c1ccc(C)c(NC(=O)C(CC)Oc2ccc3c(c2)CCCC3)c1. The molecule has 0 aromatic heterocycles. The van der Waals surface area contributed by atoms with Gasteiger partial charge in [0.2, 0.25) is 0 Å². The first-order valence-electron chi connectivity index (χ1n) is 10.4. The number of aryl methyl sites for hydroxylation is 3. The summed E-state index contributed by atoms with van der Waals surface area (Å²) in [5.74, 6) is 0.0966. The van der Waals surface area contributed by atoms with Crippen molar-refractivity contribution in [1.29, 1.82) is 0 Å². The maximum absolute atomic E-state index is 12.8. The van der Waals surface area contributed by atoms with Crippen molar-refractivity contribution in [2.75, 3.05) is 11.9 Å². The Bertz CT molecular complexity index is 890. The van der Waals surface area contributed by atoms with Crippen LogP contribution in [0.1, 0.15) is 60.2 Å². The number of carbonyl (C=O) groups excluding carboxylic acids is 2. The highest BCUT2D eigenvalue weighted by atomic mass is 16.5. The average Bonchev–Trinajstić information content (AvgIpc) is 2.73. The Morgan fingerprint density at radius 3 is 2.52 bits per heavy atom. The maximum atomic E-state index is 12.8. The van der Waals surface area contributed by atoms with Gasteiger partial charge in [0.05, 0.1) is 12.2 Å². The first-order chi connectivity index (χ1) is 14.0. The minimum Gasteiger partial charge on any atom is -0.481 e. The first-order valence-corrected chi connectivity index (χ1v) is 10.4. The van der Waals surface area contributed by atoms with Crippen molar-refractivity contribution in [3.8, 4) is 5.75 Å². The van der Waals surface area contributed by atoms with Gasteiger partial charge in [-0.2, -0.15) is 0 Å². The van der Waals surface area contributed by atoms with Crippen molar-refractivity contribution in [3.63, 3.8) is 0 Å². The number of fused-ring (bicyclic) bond motifs is 1. The highest BCUT2D eigenvalue weighted by molar-refractivity contribution is 5.97. The number of anilines is 1. The minimum atomic E-state index is -0.609. The number of rotatable bonds is 7. The lowest BCUT2D eigenvalue weighted by Gasteiger charge is -2.21. The Hall–Kier alpha value is -2.82. The molecule has 0 fully saturated rings. The molecule has 5 nitrogen and oxygen atoms in total. The van der Waals surface area contributed by atoms with Crippen LogP contribution in [0.4, 0.5) is 5.69 Å². The van der Waals surface area contributed by atoms with Crippen LogP contribution in [0.2, 0.25) is 0 Å². The molecule has 0 saturated heterocycles. The Kier molecular flexibility index (Phi) is 6.91. The molecule has 0 saturated carbocycles. The molecule has 29 heavy (non-hydrogen) atoms. The topological polar surface area (TPSA) is 64.6 Å². The number of amides is 1. The van der Waals surface area contributed by atoms with Crippen molar-refractivity contribution in [3.05, 3.63) is 58.7 Å². The lowest BCUT2D eigenvalue weighted by Crippen LogP contribution is -2.32. The van der Waals surface area contributed by atoms with Crippen LogP contribution in [0, 0.1) is 6.92 Å². The standard InChI is InChI=1S/C24H29NO4/c1-4-22(29-20-13-12-17-8-6-7-9-18(17)14-20)23(26)25-21-15-19(11-10-16(21)3)24(27)28-5-2/h10-15,22H,4-9H2,1-3H3,(H,25,26). The number of ether oxygens (including phenoxy) is 2. The summed E-state index contributed by atoms with van der Waals surface area (Å²) >= 11 is 0. The summed E-state index contributed by atoms with van der Waals surface area (Å²) in [5, 5.41) is 2.91. The summed E-state index contributed by atoms with van der Waals surface area (Å²) in [5.41, 5.74) is 4.58. The number of benzene rings is 2. The normalized spacial score (nSPS) is 13.9. The van der Waals surface area contributed by atoms with Crippen LogP contribution in [0.3, 0.4) is 0 Å². The van der Waals surface area contributed by atoms with Crippen LogP contribution in [0.15, 0.2) is 36.4 Å². The van der Waals surface area contributed by atoms with E-state index in [1.807, 2.05) is 19.9 Å². The van der Waals surface area contributed by atoms with E-state index in [-0.39, 0.29) is 5.91 Å². The van der Waals surface area contributed by atoms with Gasteiger partial charge >= 0.3 is 5.97 Å². The molecule has 1 atom stereocenters. The fourth-order valence-corrected chi connectivity index (χ4v) is 3.58. The quantitative estimate of drug-likeness (QED) is 0.681. The van der Waals surface area contributed by atoms with Crippen LogP contribution < -0.4 is 10.1 Å². The molecule has 1 amide bonds. The molecular formula is C24H29NO4. The van der Waals surface area contributed by atoms with Crippen LogP contribution in [-0.2, 0) is 22.4 Å². The molecule has 0 heterocycles. The molecule has 0 spiro atoms. The first kappa shape index (κ1) is 20.9. The van der Waals surface area contributed by atoms with Crippen LogP contribution in [0.25, 0.3) is 0 Å². The third-order valence-corrected chi connectivity index (χ3v) is 5.27. The van der Waals surface area contributed by atoms with Crippen molar-refractivity contribution < 1.29 is 19.1 Å². The van der Waals surface area contributed by atoms with Gasteiger partial charge in [-0.1, -0.05) is 19.1 Å². The van der Waals surface area contributed by atoms with Gasteiger partial charge in [0.1, 0.15) is 5.75 Å². The zero-order valence-electron chi connectivity index (χ0n) is 17.4. The zero-order chi connectivity index (χ0) is 20.8. The lowest BCUT2D eigenvalue weighted by atomic mass is 9.92. The molecule has 5 heteroatoms. The van der Waals surface area contributed by atoms with Gasteiger partial charge in [0.25, 0.3) is 5.91 Å². The van der Waals surface area contributed by atoms with Crippen molar-refractivity contribution in [2.24, 2.45) is 0 Å². The van der Waals surface area contributed by atoms with E-state index >= 15 is 0 Å². The molecule has 154 valence electrons. The lowest BCUT2D eigenvalue weighted by molar-refractivity contribution is -0.122. The molecule has 1 aliphatic carbocycles. The van der Waals surface area contributed by atoms with E-state index in [4.69, 9.17) is 9.47 Å². The fraction of sp³-hybridized carbons (Fsp3) is 0.417. The Morgan fingerprint density at radius 2 is 1.79 bits per heavy atom. The summed E-state index contributed by atoms with van der Waals surface area (Å²) in [4.78, 5) is 24.8. The smallest absolute Gasteiger partial charge is 0.338 e. The van der Waals surface area contributed by atoms with E-state index in [1.165, 1.54) is 24.0 Å². The van der Waals surface area contributed by atoms with Gasteiger partial charge in [-0.25, -0.2) is 4.79 Å². The van der Waals surface area contributed by atoms with Gasteiger partial charge in [-0.05, 0) is 86.9 Å². The van der Waals surface area contributed by atoms with Crippen molar-refractivity contribution in [1.82, 2.24) is 0 Å². The second kappa shape index (κ2) is 9.59. The molecule has 1 aliphatic rings. The van der Waals surface area contributed by atoms with E-state index in [0.717, 1.165) is 24.2 Å². The molecule has 0 radical (unpaired) electrons. The number of carbonyl (C=O) groups is 2. The third-order valence-electron chi connectivity index (χ3n) is 5.27. The summed E-state index contributed by atoms with van der Waals surface area (Å²) < 4.78 is 11.1.